The summed E-state index contributed by atoms with van der Waals surface area (Å²) in [5.41, 5.74) is 4.60. The van der Waals surface area contributed by atoms with Crippen LogP contribution in [0, 0.1) is 12.7 Å². The van der Waals surface area contributed by atoms with Crippen molar-refractivity contribution in [3.63, 3.8) is 0 Å². The molecule has 0 unspecified atom stereocenters. The largest absolute Gasteiger partial charge is 0.330 e. The van der Waals surface area contributed by atoms with E-state index >= 15 is 0 Å². The summed E-state index contributed by atoms with van der Waals surface area (Å²) in [5, 5.41) is 1.22. The fraction of sp³-hybridized carbons (Fsp3) is 0.120. The smallest absolute Gasteiger partial charge is 0.278 e. The van der Waals surface area contributed by atoms with Crippen LogP contribution >= 0.6 is 11.6 Å². The third-order valence-corrected chi connectivity index (χ3v) is 6.05. The van der Waals surface area contributed by atoms with E-state index < -0.39 is 0 Å². The number of rotatable bonds is 4. The minimum atomic E-state index is -0.357. The second-order valence-corrected chi connectivity index (χ2v) is 8.05. The molecule has 2 aromatic heterocycles. The summed E-state index contributed by atoms with van der Waals surface area (Å²) in [6.45, 7) is 2.84. The van der Waals surface area contributed by atoms with Gasteiger partial charge in [-0.25, -0.2) is 9.37 Å². The van der Waals surface area contributed by atoms with E-state index in [0.717, 1.165) is 22.2 Å². The lowest BCUT2D eigenvalue weighted by molar-refractivity contribution is 0.629. The molecule has 6 heteroatoms. The first-order chi connectivity index (χ1) is 15.0. The highest BCUT2D eigenvalue weighted by Crippen LogP contribution is 2.28. The van der Waals surface area contributed by atoms with Gasteiger partial charge in [-0.2, -0.15) is 0 Å². The van der Waals surface area contributed by atoms with Crippen molar-refractivity contribution in [1.29, 1.82) is 0 Å². The van der Waals surface area contributed by atoms with Crippen molar-refractivity contribution < 1.29 is 4.39 Å². The van der Waals surface area contributed by atoms with E-state index in [-0.39, 0.29) is 11.4 Å². The number of benzene rings is 3. The number of halogens is 2. The molecule has 0 atom stereocenters. The maximum atomic E-state index is 14.0. The van der Waals surface area contributed by atoms with Crippen LogP contribution in [0.1, 0.15) is 16.7 Å². The van der Waals surface area contributed by atoms with Crippen LogP contribution in [0.2, 0.25) is 5.02 Å². The van der Waals surface area contributed by atoms with Crippen LogP contribution < -0.4 is 5.56 Å². The summed E-state index contributed by atoms with van der Waals surface area (Å²) in [6, 6.07) is 20.0. The number of hydrogen-bond donors (Lipinski definition) is 0. The third kappa shape index (κ3) is 3.41. The van der Waals surface area contributed by atoms with Crippen molar-refractivity contribution in [2.24, 2.45) is 0 Å². The molecule has 0 saturated carbocycles. The number of hydrogen-bond acceptors (Lipinski definition) is 2. The topological polar surface area (TPSA) is 39.8 Å². The Kier molecular flexibility index (Phi) is 4.83. The van der Waals surface area contributed by atoms with Gasteiger partial charge in [-0.15, -0.1) is 0 Å². The normalized spacial score (nSPS) is 11.5. The zero-order valence-electron chi connectivity index (χ0n) is 16.8. The Bertz CT molecular complexity index is 1500. The van der Waals surface area contributed by atoms with Gasteiger partial charge in [-0.1, -0.05) is 54.1 Å². The fourth-order valence-corrected chi connectivity index (χ4v) is 4.21. The second-order valence-electron chi connectivity index (χ2n) is 7.64. The average Bonchev–Trinajstić information content (AvgIpc) is 3.06. The second kappa shape index (κ2) is 7.67. The van der Waals surface area contributed by atoms with Gasteiger partial charge in [0, 0.05) is 17.0 Å². The summed E-state index contributed by atoms with van der Waals surface area (Å²) < 4.78 is 17.5. The molecule has 5 aromatic rings. The van der Waals surface area contributed by atoms with Gasteiger partial charge < -0.3 is 4.57 Å². The molecule has 0 N–H and O–H groups in total. The molecule has 0 aliphatic heterocycles. The summed E-state index contributed by atoms with van der Waals surface area (Å²) in [5.74, 6) is -0.357. The van der Waals surface area contributed by atoms with Crippen LogP contribution in [-0.4, -0.2) is 14.1 Å². The van der Waals surface area contributed by atoms with Crippen molar-refractivity contribution >= 4 is 33.5 Å². The van der Waals surface area contributed by atoms with Crippen molar-refractivity contribution in [2.45, 2.75) is 20.0 Å². The predicted molar refractivity (Wildman–Crippen MR) is 122 cm³/mol. The molecular weight excluding hydrogens is 413 g/mol. The Balaban J connectivity index is 1.75. The first-order valence-electron chi connectivity index (χ1n) is 9.98. The number of fused-ring (bicyclic) bond motifs is 3. The maximum Gasteiger partial charge on any atom is 0.278 e. The van der Waals surface area contributed by atoms with Gasteiger partial charge in [-0.05, 0) is 47.9 Å². The molecular formula is C25H19ClFN3O. The Morgan fingerprint density at radius 3 is 2.48 bits per heavy atom. The van der Waals surface area contributed by atoms with E-state index in [9.17, 15) is 9.18 Å². The highest BCUT2D eigenvalue weighted by Gasteiger charge is 2.18. The summed E-state index contributed by atoms with van der Waals surface area (Å²) in [7, 11) is 0. The van der Waals surface area contributed by atoms with Gasteiger partial charge in [0.2, 0.25) is 0 Å². The first-order valence-corrected chi connectivity index (χ1v) is 10.4. The third-order valence-electron chi connectivity index (χ3n) is 5.68. The highest BCUT2D eigenvalue weighted by atomic mass is 35.5. The summed E-state index contributed by atoms with van der Waals surface area (Å²) in [4.78, 5) is 18.1. The molecule has 0 amide bonds. The Morgan fingerprint density at radius 1 is 0.968 bits per heavy atom. The lowest BCUT2D eigenvalue weighted by Gasteiger charge is -2.11. The van der Waals surface area contributed by atoms with Gasteiger partial charge >= 0.3 is 0 Å². The lowest BCUT2D eigenvalue weighted by Crippen LogP contribution is -2.23. The van der Waals surface area contributed by atoms with Crippen molar-refractivity contribution in [1.82, 2.24) is 14.1 Å². The minimum Gasteiger partial charge on any atom is -0.330 e. The van der Waals surface area contributed by atoms with Crippen molar-refractivity contribution in [2.75, 3.05) is 0 Å². The van der Waals surface area contributed by atoms with Crippen LogP contribution in [0.5, 0.6) is 0 Å². The quantitative estimate of drug-likeness (QED) is 0.374. The SMILES string of the molecule is Cc1ccccc1Cn1c2ccc(F)cc2c2ncn(Cc3ccccc3Cl)c(=O)c21. The van der Waals surface area contributed by atoms with Gasteiger partial charge in [0.1, 0.15) is 16.9 Å². The van der Waals surface area contributed by atoms with Crippen molar-refractivity contribution in [3.8, 4) is 0 Å². The van der Waals surface area contributed by atoms with Crippen molar-refractivity contribution in [3.05, 3.63) is 111 Å². The molecule has 3 aromatic carbocycles. The molecule has 0 aliphatic carbocycles. The highest BCUT2D eigenvalue weighted by molar-refractivity contribution is 6.31. The monoisotopic (exact) mass is 431 g/mol. The van der Waals surface area contributed by atoms with Gasteiger partial charge in [-0.3, -0.25) is 9.36 Å². The molecule has 2 heterocycles. The lowest BCUT2D eigenvalue weighted by atomic mass is 10.1. The number of nitrogens with zero attached hydrogens (tertiary/aromatic N) is 3. The van der Waals surface area contributed by atoms with Gasteiger partial charge in [0.15, 0.2) is 0 Å². The van der Waals surface area contributed by atoms with Crippen LogP contribution in [0.4, 0.5) is 4.39 Å². The maximum absolute atomic E-state index is 14.0. The van der Waals surface area contributed by atoms with E-state index in [1.54, 1.807) is 16.7 Å². The molecule has 0 fully saturated rings. The van der Waals surface area contributed by atoms with Crippen LogP contribution in [0.3, 0.4) is 0 Å². The standard InChI is InChI=1S/C25H19ClFN3O/c1-16-6-2-3-7-17(16)14-30-22-11-10-19(27)12-20(22)23-24(30)25(31)29(15-28-23)13-18-8-4-5-9-21(18)26/h2-12,15H,13-14H2,1H3. The summed E-state index contributed by atoms with van der Waals surface area (Å²) >= 11 is 6.30. The Hall–Kier alpha value is -3.44. The van der Waals surface area contributed by atoms with Crippen LogP contribution in [-0.2, 0) is 13.1 Å². The molecule has 4 nitrogen and oxygen atoms in total. The zero-order valence-corrected chi connectivity index (χ0v) is 17.6. The molecule has 0 saturated heterocycles. The van der Waals surface area contributed by atoms with E-state index in [2.05, 4.69) is 4.98 Å². The van der Waals surface area contributed by atoms with Crippen LogP contribution in [0.25, 0.3) is 21.9 Å². The molecule has 0 radical (unpaired) electrons. The fourth-order valence-electron chi connectivity index (χ4n) is 4.02. The average molecular weight is 432 g/mol. The van der Waals surface area contributed by atoms with E-state index in [0.29, 0.717) is 34.5 Å². The van der Waals surface area contributed by atoms with Gasteiger partial charge in [0.05, 0.1) is 18.4 Å². The van der Waals surface area contributed by atoms with E-state index in [4.69, 9.17) is 11.6 Å². The van der Waals surface area contributed by atoms with E-state index in [1.807, 2.05) is 54.0 Å². The molecule has 0 aliphatic rings. The molecule has 31 heavy (non-hydrogen) atoms. The molecule has 0 spiro atoms. The predicted octanol–water partition coefficient (Wildman–Crippen LogP) is 5.55. The molecule has 0 bridgehead atoms. The Labute approximate surface area is 183 Å². The number of aromatic nitrogens is 3. The van der Waals surface area contributed by atoms with E-state index in [1.165, 1.54) is 18.5 Å². The Morgan fingerprint density at radius 2 is 1.71 bits per heavy atom. The van der Waals surface area contributed by atoms with Gasteiger partial charge in [0.25, 0.3) is 5.56 Å². The molecule has 154 valence electrons. The summed E-state index contributed by atoms with van der Waals surface area (Å²) in [6.07, 6.45) is 1.51. The van der Waals surface area contributed by atoms with Crippen LogP contribution in [0.15, 0.2) is 77.9 Å². The molecule has 5 rings (SSSR count). The first kappa shape index (κ1) is 19.5. The minimum absolute atomic E-state index is 0.185. The zero-order chi connectivity index (χ0) is 21.5. The number of aryl methyl sites for hydroxylation is 1.